The Morgan fingerprint density at radius 2 is 2.00 bits per heavy atom. The van der Waals surface area contributed by atoms with Crippen molar-refractivity contribution in [3.63, 3.8) is 0 Å². The van der Waals surface area contributed by atoms with E-state index in [0.717, 1.165) is 18.4 Å². The second-order valence-electron chi connectivity index (χ2n) is 7.33. The molecular weight excluding hydrogens is 434 g/mol. The third kappa shape index (κ3) is 3.63. The van der Waals surface area contributed by atoms with E-state index in [1.54, 1.807) is 0 Å². The highest BCUT2D eigenvalue weighted by Crippen LogP contribution is 2.40. The summed E-state index contributed by atoms with van der Waals surface area (Å²) < 4.78 is 65.2. The van der Waals surface area contributed by atoms with E-state index in [0.29, 0.717) is 0 Å². The van der Waals surface area contributed by atoms with E-state index in [-0.39, 0.29) is 39.4 Å². The lowest BCUT2D eigenvalue weighted by Gasteiger charge is -2.34. The first-order valence-corrected chi connectivity index (χ1v) is 9.39. The predicted molar refractivity (Wildman–Crippen MR) is 102 cm³/mol. The molecule has 164 valence electrons. The van der Waals surface area contributed by atoms with Crippen LogP contribution >= 0.6 is 0 Å². The Morgan fingerprint density at radius 1 is 1.19 bits per heavy atom. The number of anilines is 1. The van der Waals surface area contributed by atoms with E-state index >= 15 is 0 Å². The van der Waals surface area contributed by atoms with Gasteiger partial charge in [0.05, 0.1) is 11.1 Å². The quantitative estimate of drug-likeness (QED) is 0.442. The molecule has 1 aliphatic carbocycles. The summed E-state index contributed by atoms with van der Waals surface area (Å²) in [5, 5.41) is 15.5. The Hall–Kier alpha value is -3.96. The molecule has 12 heteroatoms. The van der Waals surface area contributed by atoms with Crippen molar-refractivity contribution in [2.24, 2.45) is 0 Å². The molecule has 1 fully saturated rings. The average Bonchev–Trinajstić information content (AvgIpc) is 3.37. The molecule has 2 aromatic carbocycles. The zero-order chi connectivity index (χ0) is 22.5. The predicted octanol–water partition coefficient (Wildman–Crippen LogP) is 4.32. The number of hydrogen-bond donors (Lipinski definition) is 2. The number of carbonyl (C=O) groups excluding carboxylic acids is 1. The summed E-state index contributed by atoms with van der Waals surface area (Å²) in [7, 11) is 0. The summed E-state index contributed by atoms with van der Waals surface area (Å²) in [6.07, 6.45) is -0.551. The second kappa shape index (κ2) is 7.32. The molecule has 2 aromatic heterocycles. The molecular formula is C20H13F4N5O3. The Labute approximate surface area is 176 Å². The number of halogens is 4. The van der Waals surface area contributed by atoms with E-state index < -0.39 is 42.4 Å². The number of aromatic nitrogens is 4. The number of ether oxygens (including phenoxy) is 1. The number of amides is 1. The number of tetrazole rings is 1. The second-order valence-corrected chi connectivity index (χ2v) is 7.33. The van der Waals surface area contributed by atoms with Crippen molar-refractivity contribution in [1.29, 1.82) is 0 Å². The number of benzene rings is 2. The maximum Gasteiger partial charge on any atom is 0.259 e. The van der Waals surface area contributed by atoms with Gasteiger partial charge in [-0.3, -0.25) is 4.79 Å². The third-order valence-corrected chi connectivity index (χ3v) is 5.04. The van der Waals surface area contributed by atoms with Crippen LogP contribution in [0.15, 0.2) is 41.0 Å². The van der Waals surface area contributed by atoms with Gasteiger partial charge in [-0.25, -0.2) is 22.7 Å². The van der Waals surface area contributed by atoms with Gasteiger partial charge in [0.2, 0.25) is 0 Å². The summed E-state index contributed by atoms with van der Waals surface area (Å²) in [6, 6.07) is 6.07. The topological polar surface area (TPSA) is 106 Å². The molecule has 0 spiro atoms. The Morgan fingerprint density at radius 3 is 2.69 bits per heavy atom. The van der Waals surface area contributed by atoms with Crippen LogP contribution in [0.1, 0.15) is 23.2 Å². The number of fused-ring (bicyclic) bond motifs is 1. The van der Waals surface area contributed by atoms with Crippen molar-refractivity contribution < 1.29 is 31.5 Å². The van der Waals surface area contributed by atoms with Crippen LogP contribution in [0.2, 0.25) is 0 Å². The third-order valence-electron chi connectivity index (χ3n) is 5.04. The number of carbonyl (C=O) groups is 1. The SMILES string of the molecule is O=C(Nc1ccc(OC2CC(F)(F)C2)c(F)c1)c1coc2cc(-c3nnn[nH]3)c(F)cc12. The van der Waals surface area contributed by atoms with Gasteiger partial charge in [-0.2, -0.15) is 0 Å². The molecule has 2 N–H and O–H groups in total. The molecule has 0 aliphatic heterocycles. The lowest BCUT2D eigenvalue weighted by atomic mass is 9.91. The van der Waals surface area contributed by atoms with Gasteiger partial charge in [-0.1, -0.05) is 0 Å². The number of furan rings is 1. The molecule has 4 aromatic rings. The van der Waals surface area contributed by atoms with Crippen LogP contribution in [0.4, 0.5) is 23.2 Å². The van der Waals surface area contributed by atoms with Crippen LogP contribution in [-0.4, -0.2) is 38.6 Å². The minimum atomic E-state index is -2.78. The van der Waals surface area contributed by atoms with Crippen LogP contribution < -0.4 is 10.1 Å². The number of nitrogens with one attached hydrogen (secondary N) is 2. The average molecular weight is 447 g/mol. The van der Waals surface area contributed by atoms with Gasteiger partial charge in [0.15, 0.2) is 17.4 Å². The zero-order valence-corrected chi connectivity index (χ0v) is 16.0. The molecule has 1 amide bonds. The Kier molecular flexibility index (Phi) is 4.57. The number of rotatable bonds is 5. The molecule has 0 saturated heterocycles. The standard InChI is InChI=1S/C20H13F4N5O3/c21-14-4-11-13(8-31-17(11)5-12(14)18-26-28-29-27-18)19(30)25-9-1-2-16(15(22)3-9)32-10-6-20(23,24)7-10/h1-5,8,10H,6-7H2,(H,25,30)(H,26,27,28,29). The minimum Gasteiger partial charge on any atom is -0.487 e. The normalized spacial score (nSPS) is 15.5. The first-order chi connectivity index (χ1) is 15.3. The molecule has 0 radical (unpaired) electrons. The Balaban J connectivity index is 1.34. The van der Waals surface area contributed by atoms with E-state index in [4.69, 9.17) is 9.15 Å². The molecule has 8 nitrogen and oxygen atoms in total. The molecule has 0 atom stereocenters. The fourth-order valence-corrected chi connectivity index (χ4v) is 3.42. The first kappa shape index (κ1) is 20.0. The summed E-state index contributed by atoms with van der Waals surface area (Å²) in [5.41, 5.74) is 0.400. The molecule has 5 rings (SSSR count). The molecule has 1 aliphatic rings. The van der Waals surface area contributed by atoms with E-state index in [1.807, 2.05) is 0 Å². The van der Waals surface area contributed by atoms with Gasteiger partial charge in [0, 0.05) is 30.0 Å². The van der Waals surface area contributed by atoms with Crippen LogP contribution in [0, 0.1) is 11.6 Å². The lowest BCUT2D eigenvalue weighted by molar-refractivity contribution is -0.135. The summed E-state index contributed by atoms with van der Waals surface area (Å²) in [4.78, 5) is 12.6. The van der Waals surface area contributed by atoms with E-state index in [9.17, 15) is 22.4 Å². The lowest BCUT2D eigenvalue weighted by Crippen LogP contribution is -2.43. The van der Waals surface area contributed by atoms with Gasteiger partial charge in [-0.15, -0.1) is 5.10 Å². The monoisotopic (exact) mass is 447 g/mol. The van der Waals surface area contributed by atoms with Crippen LogP contribution in [0.5, 0.6) is 5.75 Å². The van der Waals surface area contributed by atoms with Gasteiger partial charge in [-0.05, 0) is 34.7 Å². The highest BCUT2D eigenvalue weighted by molar-refractivity contribution is 6.12. The smallest absolute Gasteiger partial charge is 0.259 e. The largest absolute Gasteiger partial charge is 0.487 e. The van der Waals surface area contributed by atoms with Crippen molar-refractivity contribution in [2.45, 2.75) is 24.9 Å². The van der Waals surface area contributed by atoms with E-state index in [1.165, 1.54) is 18.2 Å². The van der Waals surface area contributed by atoms with E-state index in [2.05, 4.69) is 25.9 Å². The van der Waals surface area contributed by atoms with Crippen LogP contribution in [0.25, 0.3) is 22.4 Å². The summed E-state index contributed by atoms with van der Waals surface area (Å²) >= 11 is 0. The fourth-order valence-electron chi connectivity index (χ4n) is 3.42. The minimum absolute atomic E-state index is 0.0265. The van der Waals surface area contributed by atoms with Crippen molar-refractivity contribution in [1.82, 2.24) is 20.6 Å². The Bertz CT molecular complexity index is 1310. The van der Waals surface area contributed by atoms with Gasteiger partial charge in [0.1, 0.15) is 23.8 Å². The van der Waals surface area contributed by atoms with Gasteiger partial charge < -0.3 is 14.5 Å². The molecule has 0 bridgehead atoms. The van der Waals surface area contributed by atoms with Gasteiger partial charge in [0.25, 0.3) is 11.8 Å². The number of nitrogens with zero attached hydrogens (tertiary/aromatic N) is 3. The fraction of sp³-hybridized carbons (Fsp3) is 0.200. The number of aromatic amines is 1. The molecule has 2 heterocycles. The zero-order valence-electron chi connectivity index (χ0n) is 16.0. The van der Waals surface area contributed by atoms with Crippen molar-refractivity contribution in [2.75, 3.05) is 5.32 Å². The van der Waals surface area contributed by atoms with Crippen molar-refractivity contribution in [3.05, 3.63) is 53.8 Å². The highest BCUT2D eigenvalue weighted by atomic mass is 19.3. The molecule has 32 heavy (non-hydrogen) atoms. The maximum atomic E-state index is 14.5. The van der Waals surface area contributed by atoms with Gasteiger partial charge >= 0.3 is 0 Å². The number of hydrogen-bond acceptors (Lipinski definition) is 6. The van der Waals surface area contributed by atoms with Crippen molar-refractivity contribution in [3.8, 4) is 17.1 Å². The van der Waals surface area contributed by atoms with Crippen LogP contribution in [-0.2, 0) is 0 Å². The van der Waals surface area contributed by atoms with Crippen molar-refractivity contribution >= 4 is 22.6 Å². The number of alkyl halides is 2. The number of H-pyrrole nitrogens is 1. The summed E-state index contributed by atoms with van der Waals surface area (Å²) in [5.74, 6) is -5.03. The molecule has 1 saturated carbocycles. The maximum absolute atomic E-state index is 14.5. The van der Waals surface area contributed by atoms with Crippen LogP contribution in [0.3, 0.4) is 0 Å². The highest BCUT2D eigenvalue weighted by Gasteiger charge is 2.47. The summed E-state index contributed by atoms with van der Waals surface area (Å²) in [6.45, 7) is 0. The first-order valence-electron chi connectivity index (χ1n) is 9.39. The molecule has 0 unspecified atom stereocenters.